The van der Waals surface area contributed by atoms with Crippen LogP contribution in [0.3, 0.4) is 0 Å². The number of rotatable bonds is 3. The maximum Gasteiger partial charge on any atom is 0.410 e. The van der Waals surface area contributed by atoms with Gasteiger partial charge in [0.1, 0.15) is 6.61 Å². The summed E-state index contributed by atoms with van der Waals surface area (Å²) in [5.41, 5.74) is 4.61. The summed E-state index contributed by atoms with van der Waals surface area (Å²) in [4.78, 5) is 24.0. The first-order chi connectivity index (χ1) is 11.2. The molecule has 23 heavy (non-hydrogen) atoms. The van der Waals surface area contributed by atoms with Gasteiger partial charge in [-0.2, -0.15) is 0 Å². The van der Waals surface area contributed by atoms with Crippen molar-refractivity contribution in [1.82, 2.24) is 4.90 Å². The van der Waals surface area contributed by atoms with Crippen LogP contribution in [0.25, 0.3) is 11.1 Å². The Balaban J connectivity index is 1.53. The molecule has 5 heteroatoms. The molecular formula is C18H15NO4. The summed E-state index contributed by atoms with van der Waals surface area (Å²) >= 11 is 0. The lowest BCUT2D eigenvalue weighted by Crippen LogP contribution is -2.21. The van der Waals surface area contributed by atoms with Crippen molar-refractivity contribution < 1.29 is 19.4 Å². The summed E-state index contributed by atoms with van der Waals surface area (Å²) in [6.07, 6.45) is -0.556. The molecule has 2 aromatic carbocycles. The Morgan fingerprint density at radius 3 is 2.13 bits per heavy atom. The highest BCUT2D eigenvalue weighted by molar-refractivity contribution is 5.85. The lowest BCUT2D eigenvalue weighted by atomic mass is 9.98. The van der Waals surface area contributed by atoms with E-state index in [0.717, 1.165) is 11.1 Å². The number of fused-ring (bicyclic) bond motifs is 3. The number of carbonyl (C=O) groups excluding carboxylic acids is 1. The summed E-state index contributed by atoms with van der Waals surface area (Å²) in [6, 6.07) is 15.5. The number of hydrogen-bond donors (Lipinski definition) is 1. The average molecular weight is 309 g/mol. The van der Waals surface area contributed by atoms with Crippen LogP contribution in [0.2, 0.25) is 0 Å². The van der Waals surface area contributed by atoms with Crippen LogP contribution in [0.15, 0.2) is 48.5 Å². The van der Waals surface area contributed by atoms with Gasteiger partial charge in [-0.25, -0.2) is 9.59 Å². The van der Waals surface area contributed by atoms with E-state index in [9.17, 15) is 9.59 Å². The lowest BCUT2D eigenvalue weighted by Gasteiger charge is -2.14. The zero-order valence-corrected chi connectivity index (χ0v) is 12.3. The van der Waals surface area contributed by atoms with E-state index in [2.05, 4.69) is 12.1 Å². The average Bonchev–Trinajstić information content (AvgIpc) is 3.31. The highest BCUT2D eigenvalue weighted by Crippen LogP contribution is 2.44. The molecule has 1 aliphatic carbocycles. The maximum absolute atomic E-state index is 11.9. The molecule has 1 amide bonds. The van der Waals surface area contributed by atoms with Crippen molar-refractivity contribution >= 4 is 12.1 Å². The molecule has 5 nitrogen and oxygen atoms in total. The second-order valence-corrected chi connectivity index (χ2v) is 5.81. The van der Waals surface area contributed by atoms with Gasteiger partial charge in [-0.3, -0.25) is 4.90 Å². The maximum atomic E-state index is 11.9. The van der Waals surface area contributed by atoms with Crippen LogP contribution in [0.5, 0.6) is 0 Å². The summed E-state index contributed by atoms with van der Waals surface area (Å²) in [5.74, 6) is -0.993. The van der Waals surface area contributed by atoms with Gasteiger partial charge in [0.05, 0.1) is 6.54 Å². The SMILES string of the molecule is O=C(O)C1CN1C(=O)OCC1c2ccccc2-c2ccccc21. The second-order valence-electron chi connectivity index (χ2n) is 5.81. The van der Waals surface area contributed by atoms with E-state index in [4.69, 9.17) is 9.84 Å². The van der Waals surface area contributed by atoms with E-state index >= 15 is 0 Å². The van der Waals surface area contributed by atoms with Crippen LogP contribution < -0.4 is 0 Å². The van der Waals surface area contributed by atoms with Gasteiger partial charge >= 0.3 is 12.1 Å². The van der Waals surface area contributed by atoms with Crippen molar-refractivity contribution in [3.8, 4) is 11.1 Å². The van der Waals surface area contributed by atoms with E-state index in [1.807, 2.05) is 36.4 Å². The van der Waals surface area contributed by atoms with E-state index in [1.54, 1.807) is 0 Å². The first-order valence-electron chi connectivity index (χ1n) is 7.51. The third kappa shape index (κ3) is 2.25. The Morgan fingerprint density at radius 2 is 1.61 bits per heavy atom. The molecule has 1 heterocycles. The molecular weight excluding hydrogens is 294 g/mol. The fraction of sp³-hybridized carbons (Fsp3) is 0.222. The minimum absolute atomic E-state index is 0.00502. The Morgan fingerprint density at radius 1 is 1.04 bits per heavy atom. The number of carboxylic acid groups (broad SMARTS) is 1. The molecule has 1 fully saturated rings. The molecule has 1 aliphatic heterocycles. The van der Waals surface area contributed by atoms with Gasteiger partial charge in [-0.05, 0) is 22.3 Å². The largest absolute Gasteiger partial charge is 0.480 e. The summed E-state index contributed by atoms with van der Waals surface area (Å²) in [5, 5.41) is 8.86. The zero-order valence-electron chi connectivity index (χ0n) is 12.3. The smallest absolute Gasteiger partial charge is 0.410 e. The Labute approximate surface area is 133 Å². The molecule has 1 N–H and O–H groups in total. The van der Waals surface area contributed by atoms with Crippen LogP contribution >= 0.6 is 0 Å². The van der Waals surface area contributed by atoms with Gasteiger partial charge < -0.3 is 9.84 Å². The van der Waals surface area contributed by atoms with Crippen LogP contribution in [0.1, 0.15) is 17.0 Å². The van der Waals surface area contributed by atoms with Gasteiger partial charge in [0.2, 0.25) is 0 Å². The van der Waals surface area contributed by atoms with Gasteiger partial charge in [0.15, 0.2) is 6.04 Å². The van der Waals surface area contributed by atoms with E-state index in [-0.39, 0.29) is 19.1 Å². The van der Waals surface area contributed by atoms with Crippen molar-refractivity contribution in [3.63, 3.8) is 0 Å². The molecule has 2 aliphatic rings. The fourth-order valence-electron chi connectivity index (χ4n) is 3.23. The van der Waals surface area contributed by atoms with Crippen LogP contribution in [-0.4, -0.2) is 41.3 Å². The second kappa shape index (κ2) is 5.12. The number of nitrogens with zero attached hydrogens (tertiary/aromatic N) is 1. The predicted octanol–water partition coefficient (Wildman–Crippen LogP) is 2.70. The topological polar surface area (TPSA) is 66.6 Å². The highest BCUT2D eigenvalue weighted by Gasteiger charge is 2.45. The van der Waals surface area contributed by atoms with Crippen LogP contribution in [0, 0.1) is 0 Å². The molecule has 1 unspecified atom stereocenters. The number of amides is 1. The summed E-state index contributed by atoms with van der Waals surface area (Å²) in [7, 11) is 0. The van der Waals surface area contributed by atoms with Gasteiger partial charge in [0.25, 0.3) is 0 Å². The quantitative estimate of drug-likeness (QED) is 0.885. The van der Waals surface area contributed by atoms with Crippen molar-refractivity contribution in [2.45, 2.75) is 12.0 Å². The van der Waals surface area contributed by atoms with E-state index < -0.39 is 18.1 Å². The summed E-state index contributed by atoms with van der Waals surface area (Å²) in [6.45, 7) is 0.446. The first kappa shape index (κ1) is 13.8. The van der Waals surface area contributed by atoms with Crippen molar-refractivity contribution in [2.24, 2.45) is 0 Å². The summed E-state index contributed by atoms with van der Waals surface area (Å²) < 4.78 is 5.37. The third-order valence-corrected chi connectivity index (χ3v) is 4.47. The van der Waals surface area contributed by atoms with Crippen molar-refractivity contribution in [1.29, 1.82) is 0 Å². The van der Waals surface area contributed by atoms with Gasteiger partial charge in [-0.1, -0.05) is 48.5 Å². The monoisotopic (exact) mass is 309 g/mol. The molecule has 116 valence electrons. The third-order valence-electron chi connectivity index (χ3n) is 4.47. The normalized spacial score (nSPS) is 18.3. The van der Waals surface area contributed by atoms with Crippen LogP contribution in [-0.2, 0) is 9.53 Å². The molecule has 0 spiro atoms. The van der Waals surface area contributed by atoms with Crippen LogP contribution in [0.4, 0.5) is 4.79 Å². The molecule has 0 bridgehead atoms. The molecule has 0 radical (unpaired) electrons. The highest BCUT2D eigenvalue weighted by atomic mass is 16.6. The Kier molecular flexibility index (Phi) is 3.08. The molecule has 1 saturated heterocycles. The number of carboxylic acids is 1. The van der Waals surface area contributed by atoms with Gasteiger partial charge in [-0.15, -0.1) is 0 Å². The van der Waals surface area contributed by atoms with Crippen molar-refractivity contribution in [2.75, 3.05) is 13.2 Å². The standard InChI is InChI=1S/C18H15NO4/c20-17(21)16-9-19(16)18(22)23-10-15-13-7-3-1-5-11(13)12-6-2-4-8-14(12)15/h1-8,15-16H,9-10H2,(H,20,21). The number of hydrogen-bond acceptors (Lipinski definition) is 3. The number of aliphatic carboxylic acids is 1. The van der Waals surface area contributed by atoms with E-state index in [1.165, 1.54) is 16.0 Å². The fourth-order valence-corrected chi connectivity index (χ4v) is 3.23. The first-order valence-corrected chi connectivity index (χ1v) is 7.51. The van der Waals surface area contributed by atoms with Crippen molar-refractivity contribution in [3.05, 3.63) is 59.7 Å². The predicted molar refractivity (Wildman–Crippen MR) is 83.2 cm³/mol. The van der Waals surface area contributed by atoms with E-state index in [0.29, 0.717) is 0 Å². The molecule has 1 atom stereocenters. The minimum atomic E-state index is -0.987. The lowest BCUT2D eigenvalue weighted by molar-refractivity contribution is -0.137. The zero-order chi connectivity index (χ0) is 16.0. The molecule has 0 saturated carbocycles. The Bertz CT molecular complexity index is 756. The minimum Gasteiger partial charge on any atom is -0.480 e. The van der Waals surface area contributed by atoms with Gasteiger partial charge in [0, 0.05) is 5.92 Å². The number of carbonyl (C=O) groups is 2. The Hall–Kier alpha value is -2.82. The molecule has 2 aromatic rings. The molecule has 4 rings (SSSR count). The number of benzene rings is 2. The number of ether oxygens (including phenoxy) is 1. The molecule has 0 aromatic heterocycles.